The summed E-state index contributed by atoms with van der Waals surface area (Å²) >= 11 is 7.23. The summed E-state index contributed by atoms with van der Waals surface area (Å²) in [4.78, 5) is 17.5. The van der Waals surface area contributed by atoms with Crippen molar-refractivity contribution in [1.82, 2.24) is 9.97 Å². The molecule has 1 rings (SSSR count). The van der Waals surface area contributed by atoms with E-state index in [1.54, 1.807) is 11.8 Å². The molecule has 0 fully saturated rings. The number of nitrogens with one attached hydrogen (secondary N) is 1. The number of aromatic nitrogens is 2. The van der Waals surface area contributed by atoms with E-state index < -0.39 is 4.92 Å². The molecule has 1 aromatic rings. The topological polar surface area (TPSA) is 81.0 Å². The first-order valence-electron chi connectivity index (χ1n) is 4.48. The maximum atomic E-state index is 10.7. The van der Waals surface area contributed by atoms with E-state index in [0.29, 0.717) is 11.8 Å². The molecule has 0 aliphatic heterocycles. The van der Waals surface area contributed by atoms with Gasteiger partial charge in [-0.25, -0.2) is 4.98 Å². The summed E-state index contributed by atoms with van der Waals surface area (Å²) in [5.74, 6) is 0.158. The van der Waals surface area contributed by atoms with Gasteiger partial charge in [-0.1, -0.05) is 6.92 Å². The lowest BCUT2D eigenvalue weighted by molar-refractivity contribution is -0.384. The molecule has 0 bridgehead atoms. The van der Waals surface area contributed by atoms with Crippen LogP contribution in [-0.2, 0) is 0 Å². The van der Waals surface area contributed by atoms with Crippen LogP contribution in [0.1, 0.15) is 6.92 Å². The molecule has 1 heterocycles. The molecule has 0 spiro atoms. The lowest BCUT2D eigenvalue weighted by atomic mass is 10.4. The van der Waals surface area contributed by atoms with E-state index >= 15 is 0 Å². The van der Waals surface area contributed by atoms with Crippen LogP contribution in [0.4, 0.5) is 11.5 Å². The first-order valence-corrected chi connectivity index (χ1v) is 6.14. The Hall–Kier alpha value is -1.08. The molecular weight excluding hydrogens is 252 g/mol. The van der Waals surface area contributed by atoms with Gasteiger partial charge in [-0.3, -0.25) is 10.1 Å². The quantitative estimate of drug-likeness (QED) is 0.498. The highest BCUT2D eigenvalue weighted by Crippen LogP contribution is 2.22. The second kappa shape index (κ2) is 5.86. The van der Waals surface area contributed by atoms with Crippen LogP contribution in [0.5, 0.6) is 0 Å². The molecule has 1 N–H and O–H groups in total. The van der Waals surface area contributed by atoms with Crippen LogP contribution in [0, 0.1) is 10.1 Å². The van der Waals surface area contributed by atoms with Gasteiger partial charge in [-0.2, -0.15) is 16.7 Å². The summed E-state index contributed by atoms with van der Waals surface area (Å²) in [5.41, 5.74) is -0.169. The predicted octanol–water partition coefficient (Wildman–Crippen LogP) is 2.20. The smallest absolute Gasteiger partial charge is 0.329 e. The summed E-state index contributed by atoms with van der Waals surface area (Å²) in [5, 5.41) is 13.9. The van der Waals surface area contributed by atoms with Gasteiger partial charge in [0, 0.05) is 11.8 Å². The summed E-state index contributed by atoms with van der Waals surface area (Å²) in [6, 6.07) is 0. The minimum absolute atomic E-state index is 0.00935. The fourth-order valence-corrected chi connectivity index (χ4v) is 1.32. The van der Waals surface area contributed by atoms with Gasteiger partial charge in [0.25, 0.3) is 0 Å². The van der Waals surface area contributed by atoms with E-state index in [4.69, 9.17) is 11.6 Å². The lowest BCUT2D eigenvalue weighted by Gasteiger charge is -2.10. The number of nitrogens with zero attached hydrogens (tertiary/aromatic N) is 3. The number of hydrogen-bond acceptors (Lipinski definition) is 6. The molecule has 0 saturated carbocycles. The van der Waals surface area contributed by atoms with Gasteiger partial charge in [-0.05, 0) is 17.9 Å². The maximum absolute atomic E-state index is 10.7. The van der Waals surface area contributed by atoms with Crippen LogP contribution < -0.4 is 5.32 Å². The van der Waals surface area contributed by atoms with Crippen molar-refractivity contribution < 1.29 is 4.92 Å². The van der Waals surface area contributed by atoms with Crippen LogP contribution >= 0.6 is 23.4 Å². The van der Waals surface area contributed by atoms with E-state index in [1.807, 2.05) is 13.2 Å². The largest absolute Gasteiger partial charge is 0.363 e. The molecular formula is C8H11ClN4O2S. The third-order valence-corrected chi connectivity index (χ3v) is 3.05. The van der Waals surface area contributed by atoms with Gasteiger partial charge in [-0.15, -0.1) is 0 Å². The molecule has 16 heavy (non-hydrogen) atoms. The Kier molecular flexibility index (Phi) is 4.75. The Morgan fingerprint density at radius 2 is 2.44 bits per heavy atom. The van der Waals surface area contributed by atoms with Crippen molar-refractivity contribution >= 4 is 34.9 Å². The van der Waals surface area contributed by atoms with Gasteiger partial charge in [0.05, 0.1) is 4.92 Å². The molecule has 8 heteroatoms. The van der Waals surface area contributed by atoms with Crippen LogP contribution in [0.15, 0.2) is 6.20 Å². The van der Waals surface area contributed by atoms with Crippen molar-refractivity contribution in [2.45, 2.75) is 12.2 Å². The fraction of sp³-hybridized carbons (Fsp3) is 0.500. The zero-order valence-corrected chi connectivity index (χ0v) is 10.4. The van der Waals surface area contributed by atoms with Crippen LogP contribution in [0.3, 0.4) is 0 Å². The Morgan fingerprint density at radius 3 is 3.00 bits per heavy atom. The normalized spacial score (nSPS) is 12.2. The minimum atomic E-state index is -0.539. The summed E-state index contributed by atoms with van der Waals surface area (Å²) < 4.78 is 0. The van der Waals surface area contributed by atoms with Gasteiger partial charge < -0.3 is 5.32 Å². The van der Waals surface area contributed by atoms with Crippen molar-refractivity contribution in [3.8, 4) is 0 Å². The van der Waals surface area contributed by atoms with Crippen LogP contribution in [0.25, 0.3) is 0 Å². The van der Waals surface area contributed by atoms with E-state index in [1.165, 1.54) is 0 Å². The first-order chi connectivity index (χ1) is 7.54. The molecule has 0 aliphatic carbocycles. The standard InChI is InChI=1S/C8H11ClN4O2S/c1-5(16-2)3-10-7-6(13(14)15)4-11-8(9)12-7/h4-5H,3H2,1-2H3,(H,10,11,12). The fourth-order valence-electron chi connectivity index (χ4n) is 0.941. The highest BCUT2D eigenvalue weighted by atomic mass is 35.5. The molecule has 0 saturated heterocycles. The average molecular weight is 263 g/mol. The Morgan fingerprint density at radius 1 is 1.75 bits per heavy atom. The first kappa shape index (κ1) is 13.0. The number of thioether (sulfide) groups is 1. The number of anilines is 1. The maximum Gasteiger partial charge on any atom is 0.329 e. The van der Waals surface area contributed by atoms with Crippen molar-refractivity contribution in [2.24, 2.45) is 0 Å². The third-order valence-electron chi connectivity index (χ3n) is 1.90. The number of halogens is 1. The molecule has 0 radical (unpaired) electrons. The summed E-state index contributed by atoms with van der Waals surface area (Å²) in [7, 11) is 0. The highest BCUT2D eigenvalue weighted by Gasteiger charge is 2.16. The Labute approximate surface area is 102 Å². The van der Waals surface area contributed by atoms with E-state index in [0.717, 1.165) is 6.20 Å². The SMILES string of the molecule is CSC(C)CNc1nc(Cl)ncc1[N+](=O)[O-]. The monoisotopic (exact) mass is 262 g/mol. The molecule has 0 amide bonds. The summed E-state index contributed by atoms with van der Waals surface area (Å²) in [6.45, 7) is 2.58. The molecule has 1 unspecified atom stereocenters. The zero-order valence-electron chi connectivity index (χ0n) is 8.81. The molecule has 1 atom stereocenters. The minimum Gasteiger partial charge on any atom is -0.363 e. The predicted molar refractivity (Wildman–Crippen MR) is 65.2 cm³/mol. The van der Waals surface area contributed by atoms with Gasteiger partial charge in [0.1, 0.15) is 6.20 Å². The Bertz CT molecular complexity index is 390. The number of hydrogen-bond donors (Lipinski definition) is 1. The van der Waals surface area contributed by atoms with Crippen molar-refractivity contribution in [2.75, 3.05) is 18.1 Å². The molecule has 1 aromatic heterocycles. The Balaban J connectivity index is 2.84. The van der Waals surface area contributed by atoms with Gasteiger partial charge in [0.2, 0.25) is 11.1 Å². The highest BCUT2D eigenvalue weighted by molar-refractivity contribution is 7.99. The molecule has 88 valence electrons. The zero-order chi connectivity index (χ0) is 12.1. The lowest BCUT2D eigenvalue weighted by Crippen LogP contribution is -2.14. The molecule has 0 aliphatic rings. The van der Waals surface area contributed by atoms with Crippen molar-refractivity contribution in [3.05, 3.63) is 21.6 Å². The third kappa shape index (κ3) is 3.49. The van der Waals surface area contributed by atoms with E-state index in [9.17, 15) is 10.1 Å². The number of nitro groups is 1. The molecule has 0 aromatic carbocycles. The van der Waals surface area contributed by atoms with Gasteiger partial charge in [0.15, 0.2) is 0 Å². The second-order valence-corrected chi connectivity index (χ2v) is 4.67. The number of rotatable bonds is 5. The average Bonchev–Trinajstić information content (AvgIpc) is 2.25. The van der Waals surface area contributed by atoms with Gasteiger partial charge >= 0.3 is 5.69 Å². The van der Waals surface area contributed by atoms with E-state index in [-0.39, 0.29) is 16.8 Å². The van der Waals surface area contributed by atoms with Crippen molar-refractivity contribution in [3.63, 3.8) is 0 Å². The summed E-state index contributed by atoms with van der Waals surface area (Å²) in [6.07, 6.45) is 3.06. The van der Waals surface area contributed by atoms with Crippen molar-refractivity contribution in [1.29, 1.82) is 0 Å². The molecule has 6 nitrogen and oxygen atoms in total. The second-order valence-electron chi connectivity index (χ2n) is 3.06. The van der Waals surface area contributed by atoms with E-state index in [2.05, 4.69) is 15.3 Å². The van der Waals surface area contributed by atoms with Crippen LogP contribution in [0.2, 0.25) is 5.28 Å². The van der Waals surface area contributed by atoms with Crippen LogP contribution in [-0.4, -0.2) is 32.9 Å².